The number of hydrogen-bond acceptors (Lipinski definition) is 5. The van der Waals surface area contributed by atoms with Gasteiger partial charge in [0.25, 0.3) is 0 Å². The van der Waals surface area contributed by atoms with E-state index in [0.717, 1.165) is 18.4 Å². The summed E-state index contributed by atoms with van der Waals surface area (Å²) in [6.07, 6.45) is 2.85. The Kier molecular flexibility index (Phi) is 7.31. The van der Waals surface area contributed by atoms with E-state index in [0.29, 0.717) is 31.5 Å². The van der Waals surface area contributed by atoms with Crippen molar-refractivity contribution in [3.05, 3.63) is 66.2 Å². The van der Waals surface area contributed by atoms with E-state index in [1.54, 1.807) is 12.1 Å². The first-order valence-electron chi connectivity index (χ1n) is 13.3. The minimum absolute atomic E-state index is 0.272. The molecule has 2 aromatic rings. The molecular formula is C29H35N3O5. The summed E-state index contributed by atoms with van der Waals surface area (Å²) < 4.78 is 6.48. The Morgan fingerprint density at radius 2 is 1.81 bits per heavy atom. The molecule has 8 nitrogen and oxygen atoms in total. The number of aliphatic hydroxyl groups is 1. The van der Waals surface area contributed by atoms with Crippen molar-refractivity contribution >= 4 is 23.4 Å². The summed E-state index contributed by atoms with van der Waals surface area (Å²) in [6.45, 7) is 2.25. The zero-order chi connectivity index (χ0) is 26.0. The molecule has 3 aliphatic heterocycles. The van der Waals surface area contributed by atoms with E-state index in [1.807, 2.05) is 55.5 Å². The van der Waals surface area contributed by atoms with Crippen LogP contribution >= 0.6 is 0 Å². The van der Waals surface area contributed by atoms with E-state index >= 15 is 0 Å². The molecule has 8 heteroatoms. The maximum absolute atomic E-state index is 14.1. The fourth-order valence-corrected chi connectivity index (χ4v) is 6.45. The second kappa shape index (κ2) is 10.6. The van der Waals surface area contributed by atoms with Crippen LogP contribution in [0, 0.1) is 11.8 Å². The molecule has 0 aliphatic carbocycles. The van der Waals surface area contributed by atoms with Gasteiger partial charge in [-0.05, 0) is 43.4 Å². The summed E-state index contributed by atoms with van der Waals surface area (Å²) >= 11 is 0. The lowest BCUT2D eigenvalue weighted by atomic mass is 9.70. The van der Waals surface area contributed by atoms with Crippen molar-refractivity contribution in [3.8, 4) is 0 Å². The number of nitrogens with zero attached hydrogens (tertiary/aromatic N) is 1. The number of benzene rings is 2. The van der Waals surface area contributed by atoms with Crippen molar-refractivity contribution in [2.24, 2.45) is 11.8 Å². The Morgan fingerprint density at radius 3 is 2.49 bits per heavy atom. The Morgan fingerprint density at radius 1 is 1.11 bits per heavy atom. The van der Waals surface area contributed by atoms with Gasteiger partial charge in [-0.25, -0.2) is 0 Å². The summed E-state index contributed by atoms with van der Waals surface area (Å²) in [7, 11) is 0. The first kappa shape index (κ1) is 25.4. The molecule has 2 aromatic carbocycles. The molecule has 2 bridgehead atoms. The average Bonchev–Trinajstić information content (AvgIpc) is 3.56. The first-order valence-corrected chi connectivity index (χ1v) is 13.3. The Hall–Kier alpha value is -3.23. The number of hydrogen-bond donors (Lipinski definition) is 3. The van der Waals surface area contributed by atoms with Gasteiger partial charge in [0.15, 0.2) is 0 Å². The van der Waals surface area contributed by atoms with Gasteiger partial charge >= 0.3 is 0 Å². The van der Waals surface area contributed by atoms with Gasteiger partial charge in [0.1, 0.15) is 11.6 Å². The van der Waals surface area contributed by atoms with Crippen LogP contribution in [0.25, 0.3) is 0 Å². The molecule has 3 saturated heterocycles. The van der Waals surface area contributed by atoms with Crippen molar-refractivity contribution in [2.45, 2.75) is 62.8 Å². The van der Waals surface area contributed by atoms with Crippen LogP contribution in [-0.2, 0) is 25.5 Å². The highest BCUT2D eigenvalue weighted by atomic mass is 16.5. The smallest absolute Gasteiger partial charge is 0.245 e. The number of carbonyl (C=O) groups is 3. The topological polar surface area (TPSA) is 108 Å². The molecule has 1 spiro atoms. The first-order chi connectivity index (χ1) is 18.0. The van der Waals surface area contributed by atoms with Gasteiger partial charge in [0, 0.05) is 12.2 Å². The maximum Gasteiger partial charge on any atom is 0.245 e. The van der Waals surface area contributed by atoms with Gasteiger partial charge in [0.05, 0.1) is 30.6 Å². The number of anilines is 1. The zero-order valence-corrected chi connectivity index (χ0v) is 21.1. The predicted molar refractivity (Wildman–Crippen MR) is 138 cm³/mol. The van der Waals surface area contributed by atoms with Gasteiger partial charge in [-0.1, -0.05) is 61.9 Å². The number of para-hydroxylation sites is 1. The van der Waals surface area contributed by atoms with E-state index in [-0.39, 0.29) is 24.3 Å². The fourth-order valence-electron chi connectivity index (χ4n) is 6.45. The molecule has 3 aliphatic rings. The second-order valence-electron chi connectivity index (χ2n) is 10.3. The van der Waals surface area contributed by atoms with Gasteiger partial charge in [-0.15, -0.1) is 0 Å². The van der Waals surface area contributed by atoms with Gasteiger partial charge < -0.3 is 25.4 Å². The lowest BCUT2D eigenvalue weighted by Gasteiger charge is -2.36. The van der Waals surface area contributed by atoms with Gasteiger partial charge in [-0.2, -0.15) is 0 Å². The highest BCUT2D eigenvalue weighted by molar-refractivity contribution is 6.02. The lowest BCUT2D eigenvalue weighted by molar-refractivity contribution is -0.145. The number of likely N-dealkylation sites (tertiary alicyclic amines) is 1. The SMILES string of the molecule is CCCCNC(=O)C1N([C@@H](CO)Cc2ccccc2)C(=O)[C@@H]2[C@H](C(=O)Nc3ccccc3)[C@@H]3CCC12O3. The molecule has 5 rings (SSSR count). The molecule has 3 amide bonds. The number of nitrogens with one attached hydrogen (secondary N) is 2. The van der Waals surface area contributed by atoms with Gasteiger partial charge in [0.2, 0.25) is 17.7 Å². The fraction of sp³-hybridized carbons (Fsp3) is 0.483. The monoisotopic (exact) mass is 505 g/mol. The minimum Gasteiger partial charge on any atom is -0.394 e. The zero-order valence-electron chi connectivity index (χ0n) is 21.1. The van der Waals surface area contributed by atoms with Crippen molar-refractivity contribution in [1.82, 2.24) is 10.2 Å². The predicted octanol–water partition coefficient (Wildman–Crippen LogP) is 2.52. The standard InChI is InChI=1S/C29H35N3O5/c1-2-3-16-30-27(35)25-29-15-14-22(37-29)23(26(34)31-20-12-8-5-9-13-20)24(29)28(36)32(25)21(18-33)17-19-10-6-4-7-11-19/h4-13,21-25,33H,2-3,14-18H2,1H3,(H,30,35)(H,31,34)/t21-,22+,23-,24+,25?,29?/m1/s1. The van der Waals surface area contributed by atoms with Crippen LogP contribution in [0.4, 0.5) is 5.69 Å². The van der Waals surface area contributed by atoms with E-state index in [1.165, 1.54) is 4.90 Å². The molecule has 3 heterocycles. The number of rotatable bonds is 10. The Balaban J connectivity index is 1.48. The maximum atomic E-state index is 14.1. The normalized spacial score (nSPS) is 28.7. The molecule has 196 valence electrons. The molecule has 0 saturated carbocycles. The summed E-state index contributed by atoms with van der Waals surface area (Å²) in [5.74, 6) is -2.32. The number of ether oxygens (including phenoxy) is 1. The number of carbonyl (C=O) groups excluding carboxylic acids is 3. The van der Waals surface area contributed by atoms with Gasteiger partial charge in [-0.3, -0.25) is 14.4 Å². The molecule has 6 atom stereocenters. The van der Waals surface area contributed by atoms with Crippen molar-refractivity contribution in [3.63, 3.8) is 0 Å². The van der Waals surface area contributed by atoms with Crippen LogP contribution in [0.1, 0.15) is 38.2 Å². The molecule has 2 unspecified atom stereocenters. The van der Waals surface area contributed by atoms with Crippen LogP contribution < -0.4 is 10.6 Å². The molecule has 3 N–H and O–H groups in total. The van der Waals surface area contributed by atoms with E-state index in [2.05, 4.69) is 10.6 Å². The van der Waals surface area contributed by atoms with Crippen LogP contribution in [0.3, 0.4) is 0 Å². The third-order valence-corrected chi connectivity index (χ3v) is 8.08. The minimum atomic E-state index is -1.08. The van der Waals surface area contributed by atoms with Crippen LogP contribution in [0.5, 0.6) is 0 Å². The number of aliphatic hydroxyl groups excluding tert-OH is 1. The largest absolute Gasteiger partial charge is 0.394 e. The highest BCUT2D eigenvalue weighted by Gasteiger charge is 2.75. The quantitative estimate of drug-likeness (QED) is 0.430. The highest BCUT2D eigenvalue weighted by Crippen LogP contribution is 2.59. The average molecular weight is 506 g/mol. The van der Waals surface area contributed by atoms with E-state index in [4.69, 9.17) is 4.74 Å². The molecule has 0 radical (unpaired) electrons. The van der Waals surface area contributed by atoms with Crippen molar-refractivity contribution < 1.29 is 24.2 Å². The van der Waals surface area contributed by atoms with E-state index in [9.17, 15) is 19.5 Å². The third kappa shape index (κ3) is 4.53. The van der Waals surface area contributed by atoms with Crippen LogP contribution in [0.2, 0.25) is 0 Å². The van der Waals surface area contributed by atoms with Crippen LogP contribution in [-0.4, -0.2) is 64.7 Å². The Bertz CT molecular complexity index is 1130. The Labute approximate surface area is 217 Å². The molecule has 3 fully saturated rings. The van der Waals surface area contributed by atoms with Crippen molar-refractivity contribution in [2.75, 3.05) is 18.5 Å². The summed E-state index contributed by atoms with van der Waals surface area (Å²) in [4.78, 5) is 42.9. The molecule has 37 heavy (non-hydrogen) atoms. The van der Waals surface area contributed by atoms with E-state index < -0.39 is 35.6 Å². The molecule has 0 aromatic heterocycles. The third-order valence-electron chi connectivity index (χ3n) is 8.08. The van der Waals surface area contributed by atoms with Crippen LogP contribution in [0.15, 0.2) is 60.7 Å². The second-order valence-corrected chi connectivity index (χ2v) is 10.3. The molecular weight excluding hydrogens is 470 g/mol. The summed E-state index contributed by atoms with van der Waals surface area (Å²) in [5.41, 5.74) is 0.524. The summed E-state index contributed by atoms with van der Waals surface area (Å²) in [5, 5.41) is 16.4. The summed E-state index contributed by atoms with van der Waals surface area (Å²) in [6, 6.07) is 17.2. The number of unbranched alkanes of at least 4 members (excludes halogenated alkanes) is 1. The number of amides is 3. The lowest BCUT2D eigenvalue weighted by Crippen LogP contribution is -2.58. The van der Waals surface area contributed by atoms with Crippen molar-refractivity contribution in [1.29, 1.82) is 0 Å². The number of fused-ring (bicyclic) bond motifs is 1.